The first-order chi connectivity index (χ1) is 8.19. The normalized spacial score (nSPS) is 21.0. The number of aliphatic hydroxyl groups is 1. The first-order valence-electron chi connectivity index (χ1n) is 6.33. The molecule has 2 N–H and O–H groups in total. The molecule has 1 aliphatic rings. The summed E-state index contributed by atoms with van der Waals surface area (Å²) in [5.41, 5.74) is 2.94. The van der Waals surface area contributed by atoms with E-state index in [9.17, 15) is 0 Å². The molecule has 0 aromatic heterocycles. The monoisotopic (exact) mass is 297 g/mol. The van der Waals surface area contributed by atoms with Crippen molar-refractivity contribution in [1.29, 1.82) is 0 Å². The van der Waals surface area contributed by atoms with Crippen LogP contribution in [0.1, 0.15) is 30.9 Å². The maximum absolute atomic E-state index is 8.91. The van der Waals surface area contributed by atoms with Gasteiger partial charge >= 0.3 is 0 Å². The van der Waals surface area contributed by atoms with Gasteiger partial charge in [-0.15, -0.1) is 0 Å². The van der Waals surface area contributed by atoms with Crippen molar-refractivity contribution in [1.82, 2.24) is 5.32 Å². The molecule has 1 aromatic carbocycles. The van der Waals surface area contributed by atoms with Crippen LogP contribution in [0.4, 0.5) is 0 Å². The fraction of sp³-hybridized carbons (Fsp3) is 0.571. The molecule has 0 amide bonds. The minimum absolute atomic E-state index is 0.268. The SMILES string of the molecule is CC(CCO)NC1CCc2cc(Br)ccc2C1. The van der Waals surface area contributed by atoms with Crippen LogP contribution < -0.4 is 5.32 Å². The van der Waals surface area contributed by atoms with Crippen molar-refractivity contribution < 1.29 is 5.11 Å². The quantitative estimate of drug-likeness (QED) is 0.896. The maximum atomic E-state index is 8.91. The average molecular weight is 298 g/mol. The zero-order valence-corrected chi connectivity index (χ0v) is 11.8. The highest BCUT2D eigenvalue weighted by atomic mass is 79.9. The number of aliphatic hydroxyl groups excluding tert-OH is 1. The predicted octanol–water partition coefficient (Wildman–Crippen LogP) is 2.67. The summed E-state index contributed by atoms with van der Waals surface area (Å²) >= 11 is 3.52. The van der Waals surface area contributed by atoms with Gasteiger partial charge in [-0.05, 0) is 55.9 Å². The zero-order valence-electron chi connectivity index (χ0n) is 10.2. The zero-order chi connectivity index (χ0) is 12.3. The van der Waals surface area contributed by atoms with Crippen LogP contribution in [0.5, 0.6) is 0 Å². The molecule has 0 spiro atoms. The van der Waals surface area contributed by atoms with Gasteiger partial charge in [-0.1, -0.05) is 22.0 Å². The van der Waals surface area contributed by atoms with E-state index in [1.807, 2.05) is 0 Å². The number of rotatable bonds is 4. The highest BCUT2D eigenvalue weighted by Gasteiger charge is 2.19. The van der Waals surface area contributed by atoms with Crippen molar-refractivity contribution in [2.75, 3.05) is 6.61 Å². The minimum atomic E-state index is 0.268. The Kier molecular flexibility index (Phi) is 4.60. The number of hydrogen-bond donors (Lipinski definition) is 2. The molecule has 0 heterocycles. The summed E-state index contributed by atoms with van der Waals surface area (Å²) in [6.07, 6.45) is 4.29. The Balaban J connectivity index is 1.96. The summed E-state index contributed by atoms with van der Waals surface area (Å²) in [7, 11) is 0. The van der Waals surface area contributed by atoms with Crippen LogP contribution in [0, 0.1) is 0 Å². The van der Waals surface area contributed by atoms with Gasteiger partial charge in [0, 0.05) is 23.2 Å². The summed E-state index contributed by atoms with van der Waals surface area (Å²) in [5.74, 6) is 0. The van der Waals surface area contributed by atoms with E-state index < -0.39 is 0 Å². The van der Waals surface area contributed by atoms with Crippen molar-refractivity contribution in [2.24, 2.45) is 0 Å². The van der Waals surface area contributed by atoms with Crippen LogP contribution in [0.15, 0.2) is 22.7 Å². The highest BCUT2D eigenvalue weighted by molar-refractivity contribution is 9.10. The Morgan fingerprint density at radius 2 is 2.29 bits per heavy atom. The van der Waals surface area contributed by atoms with Gasteiger partial charge in [0.2, 0.25) is 0 Å². The molecule has 2 rings (SSSR count). The number of halogens is 1. The maximum Gasteiger partial charge on any atom is 0.0445 e. The van der Waals surface area contributed by atoms with Crippen LogP contribution in [0.2, 0.25) is 0 Å². The molecule has 1 aliphatic carbocycles. The number of aryl methyl sites for hydroxylation is 1. The van der Waals surface area contributed by atoms with Crippen molar-refractivity contribution in [3.8, 4) is 0 Å². The van der Waals surface area contributed by atoms with E-state index in [1.54, 1.807) is 0 Å². The van der Waals surface area contributed by atoms with Crippen molar-refractivity contribution in [3.05, 3.63) is 33.8 Å². The first kappa shape index (κ1) is 13.1. The molecule has 0 aliphatic heterocycles. The molecular weight excluding hydrogens is 278 g/mol. The van der Waals surface area contributed by atoms with Crippen LogP contribution in [0.25, 0.3) is 0 Å². The molecule has 94 valence electrons. The van der Waals surface area contributed by atoms with E-state index in [0.29, 0.717) is 12.1 Å². The Labute approximate surface area is 112 Å². The van der Waals surface area contributed by atoms with Gasteiger partial charge in [-0.2, -0.15) is 0 Å². The molecule has 0 fully saturated rings. The van der Waals surface area contributed by atoms with Crippen LogP contribution >= 0.6 is 15.9 Å². The smallest absolute Gasteiger partial charge is 0.0445 e. The molecular formula is C14H20BrNO. The van der Waals surface area contributed by atoms with Crippen LogP contribution in [-0.4, -0.2) is 23.8 Å². The number of benzene rings is 1. The summed E-state index contributed by atoms with van der Waals surface area (Å²) in [5, 5.41) is 12.5. The molecule has 17 heavy (non-hydrogen) atoms. The van der Waals surface area contributed by atoms with E-state index >= 15 is 0 Å². The third-order valence-electron chi connectivity index (χ3n) is 3.48. The molecule has 0 saturated heterocycles. The van der Waals surface area contributed by atoms with E-state index in [4.69, 9.17) is 5.11 Å². The Morgan fingerprint density at radius 3 is 3.06 bits per heavy atom. The highest BCUT2D eigenvalue weighted by Crippen LogP contribution is 2.25. The van der Waals surface area contributed by atoms with Gasteiger partial charge < -0.3 is 10.4 Å². The van der Waals surface area contributed by atoms with Gasteiger partial charge in [0.05, 0.1) is 0 Å². The van der Waals surface area contributed by atoms with E-state index in [1.165, 1.54) is 22.0 Å². The second-order valence-corrected chi connectivity index (χ2v) is 5.85. The standard InChI is InChI=1S/C14H20BrNO/c1-10(6-7-17)16-14-5-3-11-8-13(15)4-2-12(11)9-14/h2,4,8,10,14,16-17H,3,5-7,9H2,1H3. The van der Waals surface area contributed by atoms with Crippen LogP contribution in [0.3, 0.4) is 0 Å². The largest absolute Gasteiger partial charge is 0.396 e. The molecule has 0 saturated carbocycles. The molecule has 3 heteroatoms. The molecule has 2 unspecified atom stereocenters. The molecule has 2 nitrogen and oxygen atoms in total. The van der Waals surface area contributed by atoms with Gasteiger partial charge in [0.15, 0.2) is 0 Å². The lowest BCUT2D eigenvalue weighted by molar-refractivity contribution is 0.260. The van der Waals surface area contributed by atoms with Gasteiger partial charge in [0.25, 0.3) is 0 Å². The summed E-state index contributed by atoms with van der Waals surface area (Å²) in [6.45, 7) is 2.41. The van der Waals surface area contributed by atoms with E-state index in [-0.39, 0.29) is 6.61 Å². The van der Waals surface area contributed by atoms with Gasteiger partial charge in [0.1, 0.15) is 0 Å². The molecule has 0 radical (unpaired) electrons. The summed E-state index contributed by atoms with van der Waals surface area (Å²) in [6, 6.07) is 7.55. The number of nitrogens with one attached hydrogen (secondary N) is 1. The van der Waals surface area contributed by atoms with Gasteiger partial charge in [-0.25, -0.2) is 0 Å². The molecule has 1 aromatic rings. The Hall–Kier alpha value is -0.380. The third-order valence-corrected chi connectivity index (χ3v) is 3.97. The molecule has 0 bridgehead atoms. The Morgan fingerprint density at radius 1 is 1.47 bits per heavy atom. The van der Waals surface area contributed by atoms with E-state index in [2.05, 4.69) is 46.4 Å². The first-order valence-corrected chi connectivity index (χ1v) is 7.12. The predicted molar refractivity (Wildman–Crippen MR) is 74.3 cm³/mol. The number of fused-ring (bicyclic) bond motifs is 1. The topological polar surface area (TPSA) is 32.3 Å². The second kappa shape index (κ2) is 5.98. The van der Waals surface area contributed by atoms with Gasteiger partial charge in [-0.3, -0.25) is 0 Å². The Bertz CT molecular complexity index is 380. The lowest BCUT2D eigenvalue weighted by atomic mass is 9.88. The van der Waals surface area contributed by atoms with Crippen molar-refractivity contribution >= 4 is 15.9 Å². The van der Waals surface area contributed by atoms with Crippen molar-refractivity contribution in [2.45, 2.75) is 44.7 Å². The summed E-state index contributed by atoms with van der Waals surface area (Å²) < 4.78 is 1.18. The van der Waals surface area contributed by atoms with Crippen molar-refractivity contribution in [3.63, 3.8) is 0 Å². The van der Waals surface area contributed by atoms with Crippen LogP contribution in [-0.2, 0) is 12.8 Å². The lowest BCUT2D eigenvalue weighted by Gasteiger charge is -2.28. The fourth-order valence-electron chi connectivity index (χ4n) is 2.55. The summed E-state index contributed by atoms with van der Waals surface area (Å²) in [4.78, 5) is 0. The number of hydrogen-bond acceptors (Lipinski definition) is 2. The fourth-order valence-corrected chi connectivity index (χ4v) is 2.95. The third kappa shape index (κ3) is 3.54. The molecule has 2 atom stereocenters. The lowest BCUT2D eigenvalue weighted by Crippen LogP contribution is -2.40. The van der Waals surface area contributed by atoms with E-state index in [0.717, 1.165) is 19.3 Å². The minimum Gasteiger partial charge on any atom is -0.396 e. The average Bonchev–Trinajstić information content (AvgIpc) is 2.29. The second-order valence-electron chi connectivity index (χ2n) is 4.93.